The summed E-state index contributed by atoms with van der Waals surface area (Å²) < 4.78 is 5.15. The van der Waals surface area contributed by atoms with Crippen LogP contribution in [0.25, 0.3) is 0 Å². The summed E-state index contributed by atoms with van der Waals surface area (Å²) in [4.78, 5) is 47.9. The normalized spacial score (nSPS) is 12.6. The highest BCUT2D eigenvalue weighted by Gasteiger charge is 2.25. The summed E-state index contributed by atoms with van der Waals surface area (Å²) in [5.41, 5.74) is 1.39. The van der Waals surface area contributed by atoms with Crippen LogP contribution >= 0.6 is 0 Å². The number of para-hydroxylation sites is 2. The Balaban J connectivity index is 1.60. The fourth-order valence-corrected chi connectivity index (χ4v) is 2.68. The molecule has 0 saturated heterocycles. The minimum Gasteiger partial charge on any atom is -0.480 e. The van der Waals surface area contributed by atoms with Gasteiger partial charge in [0.25, 0.3) is 5.91 Å². The van der Waals surface area contributed by atoms with E-state index in [0.717, 1.165) is 0 Å². The number of fused-ring (bicyclic) bond motifs is 1. The van der Waals surface area contributed by atoms with Gasteiger partial charge in [-0.05, 0) is 36.4 Å². The third kappa shape index (κ3) is 4.64. The third-order valence-corrected chi connectivity index (χ3v) is 3.92. The molecule has 0 unspecified atom stereocenters. The number of esters is 1. The molecule has 0 aliphatic carbocycles. The molecule has 3 N–H and O–H groups in total. The topological polar surface area (TPSA) is 125 Å². The van der Waals surface area contributed by atoms with Gasteiger partial charge >= 0.3 is 11.9 Å². The first-order chi connectivity index (χ1) is 13.4. The number of nitrogens with one attached hydrogen (secondary N) is 2. The SMILES string of the molecule is O=C(O)CNC(=O)c1ccc(NC(=O)CN2CC(=O)Oc3ccccc32)cc1. The maximum Gasteiger partial charge on any atom is 0.331 e. The first-order valence-electron chi connectivity index (χ1n) is 8.37. The van der Waals surface area contributed by atoms with Gasteiger partial charge in [-0.3, -0.25) is 14.4 Å². The maximum atomic E-state index is 12.3. The van der Waals surface area contributed by atoms with Crippen molar-refractivity contribution >= 4 is 35.1 Å². The van der Waals surface area contributed by atoms with Gasteiger partial charge in [0.1, 0.15) is 13.1 Å². The van der Waals surface area contributed by atoms with Crippen LogP contribution in [0.15, 0.2) is 48.5 Å². The number of carboxylic acids is 1. The Morgan fingerprint density at radius 1 is 1.07 bits per heavy atom. The molecule has 0 bridgehead atoms. The number of nitrogens with zero attached hydrogens (tertiary/aromatic N) is 1. The zero-order valence-corrected chi connectivity index (χ0v) is 14.7. The average molecular weight is 383 g/mol. The summed E-state index contributed by atoms with van der Waals surface area (Å²) in [5, 5.41) is 13.5. The Hall–Kier alpha value is -3.88. The number of carbonyl (C=O) groups excluding carboxylic acids is 3. The molecule has 2 aromatic carbocycles. The standard InChI is InChI=1S/C19H17N3O6/c23-16(10-22-11-18(26)28-15-4-2-1-3-14(15)22)21-13-7-5-12(6-8-13)19(27)20-9-17(24)25/h1-8H,9-11H2,(H,20,27)(H,21,23)(H,24,25). The molecule has 0 atom stereocenters. The molecule has 0 fully saturated rings. The second-order valence-corrected chi connectivity index (χ2v) is 6.00. The lowest BCUT2D eigenvalue weighted by Gasteiger charge is -2.29. The Labute approximate surface area is 159 Å². The smallest absolute Gasteiger partial charge is 0.331 e. The molecule has 1 heterocycles. The summed E-state index contributed by atoms with van der Waals surface area (Å²) in [5.74, 6) is -2.04. The Morgan fingerprint density at radius 3 is 2.50 bits per heavy atom. The number of aliphatic carboxylic acids is 1. The maximum absolute atomic E-state index is 12.3. The lowest BCUT2D eigenvalue weighted by molar-refractivity contribution is -0.136. The molecule has 2 aromatic rings. The summed E-state index contributed by atoms with van der Waals surface area (Å²) >= 11 is 0. The Kier molecular flexibility index (Phi) is 5.54. The lowest BCUT2D eigenvalue weighted by atomic mass is 10.2. The van der Waals surface area contributed by atoms with E-state index >= 15 is 0 Å². The van der Waals surface area contributed by atoms with Crippen LogP contribution in [0.4, 0.5) is 11.4 Å². The summed E-state index contributed by atoms with van der Waals surface area (Å²) in [6.07, 6.45) is 0. The fraction of sp³-hybridized carbons (Fsp3) is 0.158. The van der Waals surface area contributed by atoms with Gasteiger partial charge in [0.2, 0.25) is 5.91 Å². The zero-order valence-electron chi connectivity index (χ0n) is 14.7. The largest absolute Gasteiger partial charge is 0.480 e. The molecule has 144 valence electrons. The molecule has 0 saturated carbocycles. The van der Waals surface area contributed by atoms with Crippen molar-refractivity contribution in [3.05, 3.63) is 54.1 Å². The van der Waals surface area contributed by atoms with Crippen LogP contribution in [-0.4, -0.2) is 48.5 Å². The van der Waals surface area contributed by atoms with Crippen LogP contribution in [0.1, 0.15) is 10.4 Å². The molecule has 1 aliphatic heterocycles. The van der Waals surface area contributed by atoms with E-state index in [1.165, 1.54) is 24.3 Å². The number of carboxylic acid groups (broad SMARTS) is 1. The van der Waals surface area contributed by atoms with Gasteiger partial charge in [-0.15, -0.1) is 0 Å². The van der Waals surface area contributed by atoms with Crippen LogP contribution in [-0.2, 0) is 14.4 Å². The minimum absolute atomic E-state index is 0.0346. The molecule has 0 spiro atoms. The predicted molar refractivity (Wildman–Crippen MR) is 99.3 cm³/mol. The second kappa shape index (κ2) is 8.21. The molecule has 0 radical (unpaired) electrons. The second-order valence-electron chi connectivity index (χ2n) is 6.00. The monoisotopic (exact) mass is 383 g/mol. The van der Waals surface area contributed by atoms with Crippen molar-refractivity contribution < 1.29 is 29.0 Å². The first kappa shape index (κ1) is 18.9. The van der Waals surface area contributed by atoms with Gasteiger partial charge in [0, 0.05) is 11.3 Å². The average Bonchev–Trinajstić information content (AvgIpc) is 2.66. The molecule has 28 heavy (non-hydrogen) atoms. The van der Waals surface area contributed by atoms with E-state index in [-0.39, 0.29) is 24.6 Å². The van der Waals surface area contributed by atoms with Crippen LogP contribution in [0.3, 0.4) is 0 Å². The number of hydrogen-bond acceptors (Lipinski definition) is 6. The zero-order chi connectivity index (χ0) is 20.1. The highest BCUT2D eigenvalue weighted by atomic mass is 16.5. The van der Waals surface area contributed by atoms with Crippen molar-refractivity contribution in [2.24, 2.45) is 0 Å². The molecule has 3 rings (SSSR count). The Morgan fingerprint density at radius 2 is 1.79 bits per heavy atom. The number of rotatable bonds is 6. The number of anilines is 2. The van der Waals surface area contributed by atoms with Crippen molar-refractivity contribution in [2.45, 2.75) is 0 Å². The van der Waals surface area contributed by atoms with Gasteiger partial charge in [0.05, 0.1) is 12.2 Å². The summed E-state index contributed by atoms with van der Waals surface area (Å²) in [7, 11) is 0. The quantitative estimate of drug-likeness (QED) is 0.499. The highest BCUT2D eigenvalue weighted by Crippen LogP contribution is 2.31. The number of benzene rings is 2. The predicted octanol–water partition coefficient (Wildman–Crippen LogP) is 0.865. The van der Waals surface area contributed by atoms with Crippen LogP contribution in [0, 0.1) is 0 Å². The lowest BCUT2D eigenvalue weighted by Crippen LogP contribution is -2.41. The molecule has 9 heteroatoms. The van der Waals surface area contributed by atoms with Crippen molar-refractivity contribution in [2.75, 3.05) is 29.9 Å². The van der Waals surface area contributed by atoms with Gasteiger partial charge in [-0.2, -0.15) is 0 Å². The van der Waals surface area contributed by atoms with E-state index in [1.807, 2.05) is 0 Å². The van der Waals surface area contributed by atoms with E-state index < -0.39 is 24.4 Å². The Bertz CT molecular complexity index is 926. The van der Waals surface area contributed by atoms with Crippen molar-refractivity contribution in [3.63, 3.8) is 0 Å². The van der Waals surface area contributed by atoms with Crippen molar-refractivity contribution in [1.82, 2.24) is 5.32 Å². The molecule has 2 amide bonds. The molecule has 9 nitrogen and oxygen atoms in total. The number of amides is 2. The molecular weight excluding hydrogens is 366 g/mol. The van der Waals surface area contributed by atoms with Crippen LogP contribution in [0.2, 0.25) is 0 Å². The van der Waals surface area contributed by atoms with Crippen LogP contribution < -0.4 is 20.3 Å². The van der Waals surface area contributed by atoms with E-state index in [2.05, 4.69) is 10.6 Å². The molecular formula is C19H17N3O6. The van der Waals surface area contributed by atoms with Gasteiger partial charge in [-0.1, -0.05) is 12.1 Å². The first-order valence-corrected chi connectivity index (χ1v) is 8.37. The fourth-order valence-electron chi connectivity index (χ4n) is 2.68. The number of carbonyl (C=O) groups is 4. The van der Waals surface area contributed by atoms with Crippen molar-refractivity contribution in [1.29, 1.82) is 0 Å². The van der Waals surface area contributed by atoms with Crippen molar-refractivity contribution in [3.8, 4) is 5.75 Å². The van der Waals surface area contributed by atoms with Crippen LogP contribution in [0.5, 0.6) is 5.75 Å². The van der Waals surface area contributed by atoms with Gasteiger partial charge in [-0.25, -0.2) is 4.79 Å². The number of hydrogen-bond donors (Lipinski definition) is 3. The van der Waals surface area contributed by atoms with E-state index in [1.54, 1.807) is 29.2 Å². The third-order valence-electron chi connectivity index (χ3n) is 3.92. The van der Waals surface area contributed by atoms with Gasteiger partial charge in [0.15, 0.2) is 5.75 Å². The minimum atomic E-state index is -1.14. The number of ether oxygens (including phenoxy) is 1. The van der Waals surface area contributed by atoms with E-state index in [9.17, 15) is 19.2 Å². The highest BCUT2D eigenvalue weighted by molar-refractivity contribution is 5.98. The van der Waals surface area contributed by atoms with E-state index in [0.29, 0.717) is 17.1 Å². The molecule has 1 aliphatic rings. The summed E-state index contributed by atoms with van der Waals surface area (Å²) in [6.45, 7) is -0.558. The van der Waals surface area contributed by atoms with E-state index in [4.69, 9.17) is 9.84 Å². The molecule has 0 aromatic heterocycles. The summed E-state index contributed by atoms with van der Waals surface area (Å²) in [6, 6.07) is 13.0. The van der Waals surface area contributed by atoms with Gasteiger partial charge < -0.3 is 25.4 Å².